The Morgan fingerprint density at radius 1 is 1.08 bits per heavy atom. The van der Waals surface area contributed by atoms with Crippen molar-refractivity contribution in [2.24, 2.45) is 16.8 Å². The zero-order chi connectivity index (χ0) is 17.5. The van der Waals surface area contributed by atoms with Crippen LogP contribution in [0.1, 0.15) is 44.6 Å². The normalized spacial score (nSPS) is 15.6. The average Bonchev–Trinajstić information content (AvgIpc) is 2.60. The van der Waals surface area contributed by atoms with Gasteiger partial charge in [0.2, 0.25) is 5.91 Å². The molecule has 0 aromatic heterocycles. The summed E-state index contributed by atoms with van der Waals surface area (Å²) in [6, 6.07) is 7.13. The summed E-state index contributed by atoms with van der Waals surface area (Å²) in [5.41, 5.74) is 8.91. The number of rotatable bonds is 4. The van der Waals surface area contributed by atoms with Gasteiger partial charge in [-0.1, -0.05) is 31.4 Å². The first-order valence-corrected chi connectivity index (χ1v) is 8.02. The van der Waals surface area contributed by atoms with E-state index in [-0.39, 0.29) is 11.8 Å². The Hall–Kier alpha value is -2.70. The first-order valence-electron chi connectivity index (χ1n) is 8.02. The largest absolute Gasteiger partial charge is 0.361 e. The number of nitrogens with zero attached hydrogens (tertiary/aromatic N) is 1. The molecule has 0 bridgehead atoms. The van der Waals surface area contributed by atoms with Crippen LogP contribution >= 0.6 is 0 Å². The Labute approximate surface area is 140 Å². The Morgan fingerprint density at radius 2 is 1.71 bits per heavy atom. The van der Waals surface area contributed by atoms with Crippen molar-refractivity contribution in [3.8, 4) is 0 Å². The molecular formula is C17H22N4O3. The molecular weight excluding hydrogens is 308 g/mol. The van der Waals surface area contributed by atoms with Crippen molar-refractivity contribution >= 4 is 29.1 Å². The lowest BCUT2D eigenvalue weighted by atomic mass is 9.88. The molecule has 24 heavy (non-hydrogen) atoms. The first kappa shape index (κ1) is 17.7. The molecule has 1 fully saturated rings. The number of anilines is 1. The van der Waals surface area contributed by atoms with Crippen LogP contribution < -0.4 is 16.5 Å². The van der Waals surface area contributed by atoms with Crippen LogP contribution in [-0.2, 0) is 14.4 Å². The monoisotopic (exact) mass is 330 g/mol. The number of nitrogens with one attached hydrogen (secondary N) is 2. The van der Waals surface area contributed by atoms with Gasteiger partial charge in [-0.3, -0.25) is 14.4 Å². The molecule has 3 amide bonds. The Balaban J connectivity index is 1.94. The third-order valence-corrected chi connectivity index (χ3v) is 4.10. The molecule has 0 atom stereocenters. The number of carbonyl (C=O) groups is 3. The second-order valence-corrected chi connectivity index (χ2v) is 5.90. The van der Waals surface area contributed by atoms with E-state index in [9.17, 15) is 14.4 Å². The summed E-state index contributed by atoms with van der Waals surface area (Å²) in [6.45, 7) is 1.69. The summed E-state index contributed by atoms with van der Waals surface area (Å²) in [5, 5.41) is 6.74. The second kappa shape index (κ2) is 8.24. The highest BCUT2D eigenvalue weighted by molar-refractivity contribution is 6.34. The van der Waals surface area contributed by atoms with Crippen molar-refractivity contribution in [3.63, 3.8) is 0 Å². The quantitative estimate of drug-likeness (QED) is 0.442. The molecule has 0 spiro atoms. The third kappa shape index (κ3) is 4.91. The van der Waals surface area contributed by atoms with Gasteiger partial charge in [-0.25, -0.2) is 5.43 Å². The van der Waals surface area contributed by atoms with Crippen molar-refractivity contribution in [1.82, 2.24) is 5.43 Å². The van der Waals surface area contributed by atoms with E-state index in [0.29, 0.717) is 5.71 Å². The average molecular weight is 330 g/mol. The summed E-state index contributed by atoms with van der Waals surface area (Å²) < 4.78 is 0. The number of benzene rings is 1. The third-order valence-electron chi connectivity index (χ3n) is 4.10. The van der Waals surface area contributed by atoms with Crippen molar-refractivity contribution in [3.05, 3.63) is 29.8 Å². The minimum Gasteiger partial charge on any atom is -0.361 e. The topological polar surface area (TPSA) is 114 Å². The number of hydrogen-bond acceptors (Lipinski definition) is 4. The van der Waals surface area contributed by atoms with Gasteiger partial charge in [0.15, 0.2) is 0 Å². The molecule has 7 heteroatoms. The fourth-order valence-corrected chi connectivity index (χ4v) is 2.66. The highest BCUT2D eigenvalue weighted by Crippen LogP contribution is 2.25. The van der Waals surface area contributed by atoms with Gasteiger partial charge in [0, 0.05) is 11.6 Å². The lowest BCUT2D eigenvalue weighted by Gasteiger charge is -2.20. The molecule has 0 aliphatic heterocycles. The van der Waals surface area contributed by atoms with Crippen molar-refractivity contribution in [1.29, 1.82) is 0 Å². The Kier molecular flexibility index (Phi) is 6.06. The van der Waals surface area contributed by atoms with E-state index < -0.39 is 11.8 Å². The lowest BCUT2D eigenvalue weighted by molar-refractivity contribution is -0.137. The molecule has 0 heterocycles. The molecule has 128 valence electrons. The number of carbonyl (C=O) groups excluding carboxylic acids is 3. The number of hydrogen-bond donors (Lipinski definition) is 3. The van der Waals surface area contributed by atoms with E-state index in [0.717, 1.165) is 36.9 Å². The van der Waals surface area contributed by atoms with Gasteiger partial charge in [0.25, 0.3) is 0 Å². The molecule has 7 nitrogen and oxygen atoms in total. The van der Waals surface area contributed by atoms with Gasteiger partial charge in [-0.2, -0.15) is 5.10 Å². The SMILES string of the molecule is CC(=NNC(=O)C(N)=O)c1ccc(NC(=O)C2CCCCC2)cc1. The van der Waals surface area contributed by atoms with Crippen molar-refractivity contribution < 1.29 is 14.4 Å². The highest BCUT2D eigenvalue weighted by atomic mass is 16.2. The summed E-state index contributed by atoms with van der Waals surface area (Å²) in [4.78, 5) is 33.9. The van der Waals surface area contributed by atoms with Crippen molar-refractivity contribution in [2.75, 3.05) is 5.32 Å². The fraction of sp³-hybridized carbons (Fsp3) is 0.412. The standard InChI is InChI=1S/C17H22N4O3/c1-11(20-21-17(24)15(18)22)12-7-9-14(10-8-12)19-16(23)13-5-3-2-4-6-13/h7-10,13H,2-6H2,1H3,(H2,18,22)(H,19,23)(H,21,24). The van der Waals surface area contributed by atoms with Crippen LogP contribution in [0, 0.1) is 5.92 Å². The van der Waals surface area contributed by atoms with E-state index in [4.69, 9.17) is 5.73 Å². The minimum atomic E-state index is -1.09. The van der Waals surface area contributed by atoms with E-state index in [1.165, 1.54) is 6.42 Å². The molecule has 0 unspecified atom stereocenters. The molecule has 2 rings (SSSR count). The highest BCUT2D eigenvalue weighted by Gasteiger charge is 2.20. The second-order valence-electron chi connectivity index (χ2n) is 5.90. The maximum atomic E-state index is 12.2. The van der Waals surface area contributed by atoms with Gasteiger partial charge in [0.05, 0.1) is 5.71 Å². The maximum Gasteiger partial charge on any atom is 0.329 e. The van der Waals surface area contributed by atoms with Crippen molar-refractivity contribution in [2.45, 2.75) is 39.0 Å². The summed E-state index contributed by atoms with van der Waals surface area (Å²) >= 11 is 0. The van der Waals surface area contributed by atoms with E-state index >= 15 is 0 Å². The zero-order valence-corrected chi connectivity index (χ0v) is 13.7. The van der Waals surface area contributed by atoms with Gasteiger partial charge >= 0.3 is 11.8 Å². The summed E-state index contributed by atoms with van der Waals surface area (Å²) in [7, 11) is 0. The van der Waals surface area contributed by atoms with Crippen LogP contribution in [0.4, 0.5) is 5.69 Å². The fourth-order valence-electron chi connectivity index (χ4n) is 2.66. The molecule has 0 saturated heterocycles. The van der Waals surface area contributed by atoms with Gasteiger partial charge in [-0.05, 0) is 37.5 Å². The predicted molar refractivity (Wildman–Crippen MR) is 91.2 cm³/mol. The van der Waals surface area contributed by atoms with Crippen LogP contribution in [0.25, 0.3) is 0 Å². The molecule has 1 aliphatic rings. The number of nitrogens with two attached hydrogens (primary N) is 1. The molecule has 1 aromatic carbocycles. The van der Waals surface area contributed by atoms with Gasteiger partial charge in [-0.15, -0.1) is 0 Å². The van der Waals surface area contributed by atoms with Crippen LogP contribution in [0.3, 0.4) is 0 Å². The number of primary amides is 1. The zero-order valence-electron chi connectivity index (χ0n) is 13.7. The van der Waals surface area contributed by atoms with E-state index in [1.807, 2.05) is 0 Å². The van der Waals surface area contributed by atoms with Gasteiger partial charge < -0.3 is 11.1 Å². The van der Waals surface area contributed by atoms with Crippen LogP contribution in [-0.4, -0.2) is 23.4 Å². The predicted octanol–water partition coefficient (Wildman–Crippen LogP) is 1.53. The first-order chi connectivity index (χ1) is 11.5. The molecule has 1 aliphatic carbocycles. The van der Waals surface area contributed by atoms with Gasteiger partial charge in [0.1, 0.15) is 0 Å². The van der Waals surface area contributed by atoms with Crippen LogP contribution in [0.5, 0.6) is 0 Å². The van der Waals surface area contributed by atoms with E-state index in [2.05, 4.69) is 15.8 Å². The minimum absolute atomic E-state index is 0.0709. The number of amides is 3. The Bertz CT molecular complexity index is 646. The molecule has 0 radical (unpaired) electrons. The molecule has 1 saturated carbocycles. The molecule has 4 N–H and O–H groups in total. The number of hydrazone groups is 1. The smallest absolute Gasteiger partial charge is 0.329 e. The van der Waals surface area contributed by atoms with Crippen LogP contribution in [0.15, 0.2) is 29.4 Å². The molecule has 1 aromatic rings. The maximum absolute atomic E-state index is 12.2. The summed E-state index contributed by atoms with van der Waals surface area (Å²) in [5.74, 6) is -1.88. The lowest BCUT2D eigenvalue weighted by Crippen LogP contribution is -2.33. The Morgan fingerprint density at radius 3 is 2.29 bits per heavy atom. The summed E-state index contributed by atoms with van der Waals surface area (Å²) in [6.07, 6.45) is 5.35. The van der Waals surface area contributed by atoms with E-state index in [1.54, 1.807) is 31.2 Å². The van der Waals surface area contributed by atoms with Crippen LogP contribution in [0.2, 0.25) is 0 Å².